The number of phenolic OH excluding ortho intramolecular Hbond substituents is 1. The molecule has 2 unspecified atom stereocenters. The molecule has 1 aromatic carbocycles. The average molecular weight is 247 g/mol. The summed E-state index contributed by atoms with van der Waals surface area (Å²) in [6.45, 7) is 3.39. The first kappa shape index (κ1) is 11.8. The Hall–Kier alpha value is -1.22. The SMILES string of the molecule is COc1ccc2c(c1O)C1(C)CCN(C)C(C2)C1. The fraction of sp³-hybridized carbons (Fsp3) is 0.600. The van der Waals surface area contributed by atoms with E-state index in [0.29, 0.717) is 17.5 Å². The van der Waals surface area contributed by atoms with E-state index >= 15 is 0 Å². The van der Waals surface area contributed by atoms with Crippen LogP contribution in [0.25, 0.3) is 0 Å². The molecule has 3 nitrogen and oxygen atoms in total. The van der Waals surface area contributed by atoms with Gasteiger partial charge in [-0.05, 0) is 49.9 Å². The van der Waals surface area contributed by atoms with Crippen LogP contribution in [0.3, 0.4) is 0 Å². The summed E-state index contributed by atoms with van der Waals surface area (Å²) in [6, 6.07) is 4.62. The number of ether oxygens (including phenoxy) is 1. The smallest absolute Gasteiger partial charge is 0.161 e. The summed E-state index contributed by atoms with van der Waals surface area (Å²) < 4.78 is 5.25. The van der Waals surface area contributed by atoms with E-state index in [9.17, 15) is 5.11 Å². The Labute approximate surface area is 108 Å². The summed E-state index contributed by atoms with van der Waals surface area (Å²) in [5, 5.41) is 10.4. The molecule has 1 aliphatic heterocycles. The van der Waals surface area contributed by atoms with Gasteiger partial charge in [-0.2, -0.15) is 0 Å². The molecule has 1 saturated heterocycles. The highest BCUT2D eigenvalue weighted by molar-refractivity contribution is 5.55. The van der Waals surface area contributed by atoms with Crippen molar-refractivity contribution in [2.24, 2.45) is 0 Å². The van der Waals surface area contributed by atoms with Crippen LogP contribution in [0.4, 0.5) is 0 Å². The fourth-order valence-electron chi connectivity index (χ4n) is 3.71. The molecule has 1 N–H and O–H groups in total. The minimum atomic E-state index is 0.101. The van der Waals surface area contributed by atoms with Crippen LogP contribution in [0, 0.1) is 0 Å². The van der Waals surface area contributed by atoms with Crippen molar-refractivity contribution in [3.8, 4) is 11.5 Å². The molecule has 2 atom stereocenters. The van der Waals surface area contributed by atoms with Crippen LogP contribution in [0.15, 0.2) is 12.1 Å². The lowest BCUT2D eigenvalue weighted by Gasteiger charge is -2.48. The lowest BCUT2D eigenvalue weighted by Crippen LogP contribution is -2.50. The Kier molecular flexibility index (Phi) is 2.56. The van der Waals surface area contributed by atoms with Gasteiger partial charge in [0.25, 0.3) is 0 Å². The van der Waals surface area contributed by atoms with E-state index in [2.05, 4.69) is 24.9 Å². The van der Waals surface area contributed by atoms with Gasteiger partial charge < -0.3 is 14.7 Å². The zero-order chi connectivity index (χ0) is 12.9. The highest BCUT2D eigenvalue weighted by Crippen LogP contribution is 2.50. The third-order valence-electron chi connectivity index (χ3n) is 4.83. The molecule has 3 rings (SSSR count). The van der Waals surface area contributed by atoms with Crippen LogP contribution in [-0.2, 0) is 11.8 Å². The quantitative estimate of drug-likeness (QED) is 0.826. The van der Waals surface area contributed by atoms with Crippen LogP contribution in [0.1, 0.15) is 30.9 Å². The topological polar surface area (TPSA) is 32.7 Å². The van der Waals surface area contributed by atoms with Gasteiger partial charge in [-0.1, -0.05) is 13.0 Å². The van der Waals surface area contributed by atoms with Gasteiger partial charge in [0.15, 0.2) is 11.5 Å². The summed E-state index contributed by atoms with van der Waals surface area (Å²) in [5.41, 5.74) is 2.52. The maximum atomic E-state index is 10.4. The van der Waals surface area contributed by atoms with Gasteiger partial charge in [-0.15, -0.1) is 0 Å². The number of phenols is 1. The van der Waals surface area contributed by atoms with E-state index in [1.165, 1.54) is 5.56 Å². The first-order valence-electron chi connectivity index (χ1n) is 6.65. The standard InChI is InChI=1S/C15H21NO2/c1-15-6-7-16(2)11(9-15)8-10-4-5-12(18-3)14(17)13(10)15/h4-5,11,17H,6-9H2,1-3H3. The Morgan fingerprint density at radius 2 is 2.22 bits per heavy atom. The van der Waals surface area contributed by atoms with Gasteiger partial charge in [0.05, 0.1) is 7.11 Å². The van der Waals surface area contributed by atoms with Crippen molar-refractivity contribution >= 4 is 0 Å². The predicted molar refractivity (Wildman–Crippen MR) is 71.4 cm³/mol. The second kappa shape index (κ2) is 3.89. The van der Waals surface area contributed by atoms with Crippen molar-refractivity contribution in [1.29, 1.82) is 0 Å². The number of benzene rings is 1. The number of hydrogen-bond acceptors (Lipinski definition) is 3. The molecule has 0 spiro atoms. The van der Waals surface area contributed by atoms with Crippen LogP contribution < -0.4 is 4.74 Å². The minimum Gasteiger partial charge on any atom is -0.504 e. The summed E-state index contributed by atoms with van der Waals surface area (Å²) in [5.74, 6) is 0.966. The molecule has 98 valence electrons. The molecule has 2 bridgehead atoms. The maximum Gasteiger partial charge on any atom is 0.161 e. The molecule has 1 aliphatic carbocycles. The summed E-state index contributed by atoms with van der Waals surface area (Å²) in [6.07, 6.45) is 3.28. The Morgan fingerprint density at radius 3 is 2.94 bits per heavy atom. The molecule has 0 saturated carbocycles. The van der Waals surface area contributed by atoms with Crippen LogP contribution in [0.2, 0.25) is 0 Å². The van der Waals surface area contributed by atoms with Crippen LogP contribution >= 0.6 is 0 Å². The van der Waals surface area contributed by atoms with E-state index in [1.54, 1.807) is 7.11 Å². The summed E-state index contributed by atoms with van der Waals surface area (Å²) in [4.78, 5) is 2.45. The van der Waals surface area contributed by atoms with E-state index in [0.717, 1.165) is 31.4 Å². The number of aromatic hydroxyl groups is 1. The van der Waals surface area contributed by atoms with Gasteiger partial charge in [0.2, 0.25) is 0 Å². The maximum absolute atomic E-state index is 10.4. The Morgan fingerprint density at radius 1 is 1.44 bits per heavy atom. The van der Waals surface area contributed by atoms with Crippen LogP contribution in [0.5, 0.6) is 11.5 Å². The molecule has 0 amide bonds. The second-order valence-corrected chi connectivity index (χ2v) is 6.00. The highest BCUT2D eigenvalue weighted by atomic mass is 16.5. The molecule has 18 heavy (non-hydrogen) atoms. The lowest BCUT2D eigenvalue weighted by atomic mass is 9.65. The van der Waals surface area contributed by atoms with E-state index in [4.69, 9.17) is 4.74 Å². The van der Waals surface area contributed by atoms with Gasteiger partial charge >= 0.3 is 0 Å². The predicted octanol–water partition coefficient (Wildman–Crippen LogP) is 2.31. The van der Waals surface area contributed by atoms with Gasteiger partial charge in [0.1, 0.15) is 0 Å². The minimum absolute atomic E-state index is 0.101. The normalized spacial score (nSPS) is 30.9. The average Bonchev–Trinajstić information content (AvgIpc) is 2.34. The number of likely N-dealkylation sites (tertiary alicyclic amines) is 1. The molecular weight excluding hydrogens is 226 g/mol. The Balaban J connectivity index is 2.15. The zero-order valence-corrected chi connectivity index (χ0v) is 11.4. The first-order chi connectivity index (χ1) is 8.55. The molecule has 3 heteroatoms. The first-order valence-corrected chi connectivity index (χ1v) is 6.65. The van der Waals surface area contributed by atoms with Gasteiger partial charge in [-0.3, -0.25) is 0 Å². The largest absolute Gasteiger partial charge is 0.504 e. The van der Waals surface area contributed by atoms with E-state index < -0.39 is 0 Å². The van der Waals surface area contributed by atoms with Crippen molar-refractivity contribution in [3.63, 3.8) is 0 Å². The summed E-state index contributed by atoms with van der Waals surface area (Å²) >= 11 is 0. The van der Waals surface area contributed by atoms with E-state index in [1.807, 2.05) is 6.07 Å². The van der Waals surface area contributed by atoms with Crippen molar-refractivity contribution in [2.45, 2.75) is 37.6 Å². The summed E-state index contributed by atoms with van der Waals surface area (Å²) in [7, 11) is 3.82. The Bertz CT molecular complexity index is 486. The number of methoxy groups -OCH3 is 1. The lowest BCUT2D eigenvalue weighted by molar-refractivity contribution is 0.111. The van der Waals surface area contributed by atoms with Gasteiger partial charge in [-0.25, -0.2) is 0 Å². The van der Waals surface area contributed by atoms with Crippen molar-refractivity contribution in [1.82, 2.24) is 4.90 Å². The number of nitrogens with zero attached hydrogens (tertiary/aromatic N) is 1. The third kappa shape index (κ3) is 1.53. The zero-order valence-electron chi connectivity index (χ0n) is 11.4. The highest BCUT2D eigenvalue weighted by Gasteiger charge is 2.43. The molecule has 0 aromatic heterocycles. The second-order valence-electron chi connectivity index (χ2n) is 6.00. The molecular formula is C15H21NO2. The molecule has 1 aromatic rings. The monoisotopic (exact) mass is 247 g/mol. The molecule has 2 aliphatic rings. The van der Waals surface area contributed by atoms with Crippen LogP contribution in [-0.4, -0.2) is 36.8 Å². The molecule has 1 heterocycles. The number of rotatable bonds is 1. The van der Waals surface area contributed by atoms with Crippen molar-refractivity contribution < 1.29 is 9.84 Å². The number of fused-ring (bicyclic) bond motifs is 4. The number of hydrogen-bond donors (Lipinski definition) is 1. The molecule has 0 radical (unpaired) electrons. The van der Waals surface area contributed by atoms with Crippen molar-refractivity contribution in [2.75, 3.05) is 20.7 Å². The third-order valence-corrected chi connectivity index (χ3v) is 4.83. The number of piperidine rings is 1. The van der Waals surface area contributed by atoms with E-state index in [-0.39, 0.29) is 5.41 Å². The molecule has 1 fully saturated rings. The fourth-order valence-corrected chi connectivity index (χ4v) is 3.71. The van der Waals surface area contributed by atoms with Crippen molar-refractivity contribution in [3.05, 3.63) is 23.3 Å². The van der Waals surface area contributed by atoms with Gasteiger partial charge in [0, 0.05) is 11.6 Å². The number of likely N-dealkylation sites (N-methyl/N-ethyl adjacent to an activating group) is 1.